The molecule has 3 nitrogen and oxygen atoms in total. The number of allylic oxidation sites excluding steroid dienone is 8. The van der Waals surface area contributed by atoms with Gasteiger partial charge >= 0.3 is 0 Å². The molecule has 3 atom stereocenters. The van der Waals surface area contributed by atoms with Gasteiger partial charge in [-0.2, -0.15) is 0 Å². The van der Waals surface area contributed by atoms with Crippen LogP contribution in [0.1, 0.15) is 248 Å². The highest BCUT2D eigenvalue weighted by Crippen LogP contribution is 2.68. The monoisotopic (exact) mass is 1640 g/mol. The van der Waals surface area contributed by atoms with Crippen LogP contribution in [0.5, 0.6) is 0 Å². The number of rotatable bonds is 18. The standard InChI is InChI=1S/C124H109NO2/c1-11-13-15-17-33-65-123(66-34-18-16-14-12-2)97-43-27-19-35-82(97)88-61-55-78(69-105(88)123)77-54-60-87-86-59-53-76(67-101(86)119(3,4)102(87)68-77)74-49-51-75(52-50-74)95-73-107-110(112-93-40-24-31-47-108(93)126-117(95)112)91-63-57-79(70-103(91)120(107,5)6)125(81-56-62-89-85-38-22-30-46-100(85)124(106(89)72-81)98-44-28-20-36-83(98)84-37-21-29-45-99(84)124)80-58-64-92-104(71-80)122(9,10)115-111(92)113-94-41-25-32-48-109(94)127-118(113)114-90-39-23-26-42-96(90)121(7,8)116(114)115/h19-32,36-64,67-73,82,86,101H,11-18,33-35,65-66H2,1-10H3. The first kappa shape index (κ1) is 76.8. The minimum atomic E-state index is -0.543. The van der Waals surface area contributed by atoms with Gasteiger partial charge in [-0.3, -0.25) is 0 Å². The minimum Gasteiger partial charge on any atom is -0.455 e. The fourth-order valence-electron chi connectivity index (χ4n) is 27.0. The van der Waals surface area contributed by atoms with E-state index in [0.717, 1.165) is 67.7 Å². The average Bonchev–Trinajstić information content (AvgIpc) is 1.51. The van der Waals surface area contributed by atoms with Gasteiger partial charge < -0.3 is 13.7 Å². The first-order valence-electron chi connectivity index (χ1n) is 47.7. The van der Waals surface area contributed by atoms with Crippen molar-refractivity contribution >= 4 is 66.5 Å². The van der Waals surface area contributed by atoms with Crippen LogP contribution in [0, 0.1) is 5.92 Å². The molecular weight excluding hydrogens is 1540 g/mol. The molecule has 0 saturated carbocycles. The highest BCUT2D eigenvalue weighted by Gasteiger charge is 2.55. The Morgan fingerprint density at radius 1 is 0.362 bits per heavy atom. The summed E-state index contributed by atoms with van der Waals surface area (Å²) in [4.78, 5) is 2.61. The molecule has 16 aromatic rings. The molecule has 2 heterocycles. The lowest BCUT2D eigenvalue weighted by Gasteiger charge is -2.35. The van der Waals surface area contributed by atoms with E-state index in [4.69, 9.17) is 8.83 Å². The molecule has 127 heavy (non-hydrogen) atoms. The summed E-state index contributed by atoms with van der Waals surface area (Å²) in [5, 5.41) is 4.68. The van der Waals surface area contributed by atoms with Crippen LogP contribution in [-0.2, 0) is 32.5 Å². The molecule has 0 N–H and O–H groups in total. The fourth-order valence-corrected chi connectivity index (χ4v) is 27.0. The summed E-state index contributed by atoms with van der Waals surface area (Å²) in [6.45, 7) is 24.5. The number of hydrogen-bond acceptors (Lipinski definition) is 3. The molecule has 0 aliphatic heterocycles. The van der Waals surface area contributed by atoms with Crippen LogP contribution in [0.3, 0.4) is 0 Å². The van der Waals surface area contributed by atoms with Crippen LogP contribution in [-0.4, -0.2) is 0 Å². The Morgan fingerprint density at radius 3 is 1.47 bits per heavy atom. The SMILES string of the molecule is CCCCCCCC1(CCCCCCC)C2=CC=CCC2c2ccc(-c3ccc4c(c3)C(C)(C)C3C=C(c5ccc(-c6cc7c(c8c6oc6ccccc68)-c6ccc(N(c8ccc9c(c8)C(C)(C)c8c%10c(c%11oc%12ccccc%12c%11c8-9)-c8ccccc8C%10(C)C)c8ccc9c(c8)C8(c%10ccccc%10-c%10ccccc%108)c8ccccc8-9)cc6C7(C)C)cc5)C=CC43)cc21. The molecule has 9 aliphatic rings. The van der Waals surface area contributed by atoms with Crippen molar-refractivity contribution in [2.24, 2.45) is 5.92 Å². The van der Waals surface area contributed by atoms with Crippen LogP contribution < -0.4 is 4.90 Å². The third-order valence-electron chi connectivity index (χ3n) is 33.0. The molecule has 14 aromatic carbocycles. The van der Waals surface area contributed by atoms with Gasteiger partial charge in [0.15, 0.2) is 0 Å². The fraction of sp³-hybridized carbons (Fsp3) is 0.258. The summed E-state index contributed by atoms with van der Waals surface area (Å²) >= 11 is 0. The van der Waals surface area contributed by atoms with Gasteiger partial charge in [-0.15, -0.1) is 0 Å². The van der Waals surface area contributed by atoms with Gasteiger partial charge in [0.2, 0.25) is 0 Å². The Kier molecular flexibility index (Phi) is 16.9. The topological polar surface area (TPSA) is 29.5 Å². The molecular formula is C124H109NO2. The van der Waals surface area contributed by atoms with Gasteiger partial charge in [0.05, 0.1) is 5.41 Å². The molecule has 9 aliphatic carbocycles. The maximum Gasteiger partial charge on any atom is 0.144 e. The molecule has 3 heteroatoms. The van der Waals surface area contributed by atoms with Crippen molar-refractivity contribution in [3.63, 3.8) is 0 Å². The van der Waals surface area contributed by atoms with Crippen molar-refractivity contribution in [3.8, 4) is 77.9 Å². The predicted octanol–water partition coefficient (Wildman–Crippen LogP) is 34.1. The molecule has 25 rings (SSSR count). The normalized spacial score (nSPS) is 18.7. The average molecular weight is 1650 g/mol. The number of fused-ring (bicyclic) bond motifs is 35. The lowest BCUT2D eigenvalue weighted by atomic mass is 9.68. The molecule has 3 unspecified atom stereocenters. The third-order valence-corrected chi connectivity index (χ3v) is 33.0. The van der Waals surface area contributed by atoms with Crippen molar-refractivity contribution in [1.82, 2.24) is 0 Å². The number of nitrogens with zero attached hydrogens (tertiary/aromatic N) is 1. The van der Waals surface area contributed by atoms with Gasteiger partial charge in [0.1, 0.15) is 22.3 Å². The van der Waals surface area contributed by atoms with Gasteiger partial charge in [-0.25, -0.2) is 0 Å². The first-order chi connectivity index (χ1) is 61.9. The molecule has 0 radical (unpaired) electrons. The van der Waals surface area contributed by atoms with E-state index in [1.807, 2.05) is 0 Å². The second kappa shape index (κ2) is 28.0. The molecule has 622 valence electrons. The highest BCUT2D eigenvalue weighted by molar-refractivity contribution is 6.22. The number of furan rings is 2. The summed E-state index contributed by atoms with van der Waals surface area (Å²) < 4.78 is 14.5. The number of hydrogen-bond donors (Lipinski definition) is 0. The molecule has 0 saturated heterocycles. The van der Waals surface area contributed by atoms with E-state index in [0.29, 0.717) is 17.8 Å². The van der Waals surface area contributed by atoms with E-state index in [1.54, 1.807) is 16.7 Å². The van der Waals surface area contributed by atoms with Crippen LogP contribution in [0.15, 0.2) is 318 Å². The third kappa shape index (κ3) is 10.6. The lowest BCUT2D eigenvalue weighted by molar-refractivity contribution is 0.386. The Labute approximate surface area is 748 Å². The minimum absolute atomic E-state index is 0.0898. The number of para-hydroxylation sites is 2. The van der Waals surface area contributed by atoms with Crippen molar-refractivity contribution in [1.29, 1.82) is 0 Å². The zero-order chi connectivity index (χ0) is 85.5. The Hall–Kier alpha value is -12.6. The number of unbranched alkanes of at least 4 members (excludes halogenated alkanes) is 8. The molecule has 0 bridgehead atoms. The zero-order valence-electron chi connectivity index (χ0n) is 75.1. The second-order valence-electron chi connectivity index (χ2n) is 41.0. The van der Waals surface area contributed by atoms with Gasteiger partial charge in [0, 0.05) is 83.2 Å². The van der Waals surface area contributed by atoms with E-state index < -0.39 is 16.2 Å². The highest BCUT2D eigenvalue weighted by atomic mass is 16.3. The van der Waals surface area contributed by atoms with Crippen molar-refractivity contribution in [3.05, 3.63) is 392 Å². The Bertz CT molecular complexity index is 7470. The second-order valence-corrected chi connectivity index (χ2v) is 41.0. The summed E-state index contributed by atoms with van der Waals surface area (Å²) in [7, 11) is 0. The quantitative estimate of drug-likeness (QED) is 0.0802. The Balaban J connectivity index is 0.589. The maximum atomic E-state index is 7.28. The maximum absolute atomic E-state index is 7.28. The molecule has 0 amide bonds. The van der Waals surface area contributed by atoms with E-state index in [1.165, 1.54) is 232 Å². The van der Waals surface area contributed by atoms with E-state index >= 15 is 0 Å². The summed E-state index contributed by atoms with van der Waals surface area (Å²) in [6, 6.07) is 104. The van der Waals surface area contributed by atoms with Gasteiger partial charge in [0.25, 0.3) is 0 Å². The Morgan fingerprint density at radius 2 is 0.843 bits per heavy atom. The smallest absolute Gasteiger partial charge is 0.144 e. The predicted molar refractivity (Wildman–Crippen MR) is 531 cm³/mol. The van der Waals surface area contributed by atoms with E-state index in [-0.39, 0.29) is 16.2 Å². The van der Waals surface area contributed by atoms with Crippen LogP contribution >= 0.6 is 0 Å². The van der Waals surface area contributed by atoms with Crippen molar-refractivity contribution in [2.45, 2.75) is 197 Å². The lowest BCUT2D eigenvalue weighted by Crippen LogP contribution is -2.27. The first-order valence-corrected chi connectivity index (χ1v) is 47.7. The number of benzene rings is 14. The summed E-state index contributed by atoms with van der Waals surface area (Å²) in [5.41, 5.74) is 46.9. The summed E-state index contributed by atoms with van der Waals surface area (Å²) in [5.74, 6) is 1.12. The van der Waals surface area contributed by atoms with Crippen LogP contribution in [0.4, 0.5) is 17.1 Å². The largest absolute Gasteiger partial charge is 0.455 e. The molecule has 1 spiro atoms. The van der Waals surface area contributed by atoms with E-state index in [2.05, 4.69) is 378 Å². The molecule has 2 aromatic heterocycles. The van der Waals surface area contributed by atoms with Crippen LogP contribution in [0.2, 0.25) is 0 Å². The van der Waals surface area contributed by atoms with Crippen molar-refractivity contribution in [2.75, 3.05) is 4.90 Å². The number of anilines is 3. The van der Waals surface area contributed by atoms with Crippen LogP contribution in [0.25, 0.3) is 127 Å². The van der Waals surface area contributed by atoms with Crippen molar-refractivity contribution < 1.29 is 8.83 Å². The zero-order valence-corrected chi connectivity index (χ0v) is 75.1. The van der Waals surface area contributed by atoms with Gasteiger partial charge in [-0.1, -0.05) is 382 Å². The summed E-state index contributed by atoms with van der Waals surface area (Å²) in [6.07, 6.45) is 31.8. The van der Waals surface area contributed by atoms with E-state index in [9.17, 15) is 0 Å². The molecule has 0 fully saturated rings. The van der Waals surface area contributed by atoms with Gasteiger partial charge in [-0.05, 0) is 247 Å².